The monoisotopic (exact) mass is 424 g/mol. The number of ketones is 1. The molecule has 8 heteroatoms. The molecule has 28 heavy (non-hydrogen) atoms. The first-order valence-corrected chi connectivity index (χ1v) is 11.0. The minimum atomic E-state index is -3.54. The fourth-order valence-corrected chi connectivity index (χ4v) is 4.43. The second-order valence-corrected chi connectivity index (χ2v) is 9.99. The smallest absolute Gasteiger partial charge is 0.239 e. The molecule has 5 nitrogen and oxygen atoms in total. The number of benzene rings is 1. The fraction of sp³-hybridized carbons (Fsp3) is 0.400. The van der Waals surface area contributed by atoms with Crippen LogP contribution < -0.4 is 4.72 Å². The molecule has 1 N–H and O–H groups in total. The van der Waals surface area contributed by atoms with Crippen molar-refractivity contribution < 1.29 is 17.6 Å². The molecule has 0 radical (unpaired) electrons. The Hall–Kier alpha value is -1.99. The number of nitrogens with one attached hydrogen (secondary N) is 1. The predicted octanol–water partition coefficient (Wildman–Crippen LogP) is 4.93. The zero-order chi connectivity index (χ0) is 20.5. The summed E-state index contributed by atoms with van der Waals surface area (Å²) < 4.78 is 39.8. The van der Waals surface area contributed by atoms with E-state index in [9.17, 15) is 17.6 Å². The number of carbonyl (C=O) groups is 1. The molecule has 0 bridgehead atoms. The van der Waals surface area contributed by atoms with E-state index in [1.807, 2.05) is 6.92 Å². The molecule has 1 aliphatic rings. The number of hydrogen-bond acceptors (Lipinski definition) is 4. The second-order valence-electron chi connectivity index (χ2n) is 7.39. The van der Waals surface area contributed by atoms with E-state index in [1.165, 1.54) is 18.3 Å². The summed E-state index contributed by atoms with van der Waals surface area (Å²) in [5, 5.41) is 0.0255. The molecule has 1 atom stereocenters. The lowest BCUT2D eigenvalue weighted by Gasteiger charge is -2.16. The Balaban J connectivity index is 1.75. The van der Waals surface area contributed by atoms with Gasteiger partial charge in [0.15, 0.2) is 5.78 Å². The van der Waals surface area contributed by atoms with Crippen LogP contribution in [0, 0.1) is 5.82 Å². The van der Waals surface area contributed by atoms with Crippen LogP contribution >= 0.6 is 11.6 Å². The Labute approximate surface area is 169 Å². The molecule has 1 aromatic heterocycles. The molecule has 1 aliphatic carbocycles. The van der Waals surface area contributed by atoms with Crippen molar-refractivity contribution in [3.05, 3.63) is 58.5 Å². The van der Waals surface area contributed by atoms with Crippen LogP contribution in [-0.2, 0) is 10.0 Å². The van der Waals surface area contributed by atoms with Gasteiger partial charge in [-0.3, -0.25) is 9.52 Å². The van der Waals surface area contributed by atoms with E-state index in [0.717, 1.165) is 5.56 Å². The van der Waals surface area contributed by atoms with Crippen molar-refractivity contribution in [1.82, 2.24) is 4.98 Å². The van der Waals surface area contributed by atoms with Gasteiger partial charge in [-0.15, -0.1) is 0 Å². The third-order valence-electron chi connectivity index (χ3n) is 5.26. The zero-order valence-electron chi connectivity index (χ0n) is 15.7. The van der Waals surface area contributed by atoms with Crippen molar-refractivity contribution in [2.24, 2.45) is 0 Å². The van der Waals surface area contributed by atoms with Gasteiger partial charge in [0.25, 0.3) is 0 Å². The minimum Gasteiger partial charge on any atom is -0.294 e. The zero-order valence-corrected chi connectivity index (χ0v) is 17.3. The molecule has 0 aliphatic heterocycles. The highest BCUT2D eigenvalue weighted by atomic mass is 35.5. The summed E-state index contributed by atoms with van der Waals surface area (Å²) in [5.41, 5.74) is 1.17. The molecular weight excluding hydrogens is 403 g/mol. The van der Waals surface area contributed by atoms with Gasteiger partial charge in [-0.2, -0.15) is 0 Å². The third kappa shape index (κ3) is 4.36. The van der Waals surface area contributed by atoms with E-state index in [-0.39, 0.29) is 29.0 Å². The largest absolute Gasteiger partial charge is 0.294 e. The molecule has 150 valence electrons. The molecule has 3 rings (SSSR count). The molecule has 0 saturated heterocycles. The van der Waals surface area contributed by atoms with Crippen molar-refractivity contribution in [3.8, 4) is 0 Å². The summed E-state index contributed by atoms with van der Waals surface area (Å²) in [6.07, 6.45) is 3.51. The van der Waals surface area contributed by atoms with Gasteiger partial charge < -0.3 is 0 Å². The number of carbonyl (C=O) groups excluding carboxylic acids is 1. The number of hydrogen-bond donors (Lipinski definition) is 1. The molecule has 1 saturated carbocycles. The summed E-state index contributed by atoms with van der Waals surface area (Å²) >= 11 is 5.86. The first-order chi connectivity index (χ1) is 13.1. The normalized spacial score (nSPS) is 16.4. The Morgan fingerprint density at radius 3 is 2.64 bits per heavy atom. The average molecular weight is 425 g/mol. The average Bonchev–Trinajstić information content (AvgIpc) is 3.41. The maximum absolute atomic E-state index is 13.4. The van der Waals surface area contributed by atoms with Gasteiger partial charge in [-0.1, -0.05) is 24.6 Å². The lowest BCUT2D eigenvalue weighted by Crippen LogP contribution is -2.27. The van der Waals surface area contributed by atoms with Crippen LogP contribution in [0.2, 0.25) is 5.02 Å². The first-order valence-electron chi connectivity index (χ1n) is 9.12. The molecule has 1 aromatic carbocycles. The quantitative estimate of drug-likeness (QED) is 0.609. The Morgan fingerprint density at radius 1 is 1.32 bits per heavy atom. The summed E-state index contributed by atoms with van der Waals surface area (Å²) in [7, 11) is -3.54. The summed E-state index contributed by atoms with van der Waals surface area (Å²) in [6.45, 7) is 3.63. The van der Waals surface area contributed by atoms with E-state index < -0.39 is 20.6 Å². The van der Waals surface area contributed by atoms with Crippen LogP contribution in [0.4, 0.5) is 10.2 Å². The Kier molecular flexibility index (Phi) is 5.77. The highest BCUT2D eigenvalue weighted by Crippen LogP contribution is 2.43. The highest BCUT2D eigenvalue weighted by molar-refractivity contribution is 7.94. The maximum atomic E-state index is 13.4. The van der Waals surface area contributed by atoms with Gasteiger partial charge in [0.1, 0.15) is 11.6 Å². The number of Topliss-reactive ketones (excluding diaryl/α,β-unsaturated/α-hetero) is 1. The molecule has 0 spiro atoms. The fourth-order valence-electron chi connectivity index (χ4n) is 2.97. The van der Waals surface area contributed by atoms with E-state index in [1.54, 1.807) is 25.1 Å². The van der Waals surface area contributed by atoms with E-state index in [0.29, 0.717) is 24.8 Å². The number of aromatic nitrogens is 1. The Bertz CT molecular complexity index is 1010. The topological polar surface area (TPSA) is 76.1 Å². The summed E-state index contributed by atoms with van der Waals surface area (Å²) in [5.74, 6) is -0.629. The van der Waals surface area contributed by atoms with Crippen LogP contribution in [-0.4, -0.2) is 23.9 Å². The van der Waals surface area contributed by atoms with Gasteiger partial charge in [-0.25, -0.2) is 17.8 Å². The second kappa shape index (κ2) is 7.79. The van der Waals surface area contributed by atoms with Gasteiger partial charge in [0.2, 0.25) is 10.0 Å². The van der Waals surface area contributed by atoms with Gasteiger partial charge >= 0.3 is 0 Å². The van der Waals surface area contributed by atoms with Crippen molar-refractivity contribution in [1.29, 1.82) is 0 Å². The summed E-state index contributed by atoms with van der Waals surface area (Å²) in [6, 6.07) is 7.48. The highest BCUT2D eigenvalue weighted by Gasteiger charge is 2.50. The third-order valence-corrected chi connectivity index (χ3v) is 7.74. The molecule has 1 fully saturated rings. The van der Waals surface area contributed by atoms with Crippen LogP contribution in [0.25, 0.3) is 0 Å². The van der Waals surface area contributed by atoms with Crippen molar-refractivity contribution in [2.45, 2.75) is 50.2 Å². The minimum absolute atomic E-state index is 0.0255. The van der Waals surface area contributed by atoms with Crippen molar-refractivity contribution in [3.63, 3.8) is 0 Å². The number of halogens is 2. The number of nitrogens with zero attached hydrogens (tertiary/aromatic N) is 1. The number of rotatable bonds is 8. The van der Waals surface area contributed by atoms with Crippen LogP contribution in [0.15, 0.2) is 36.5 Å². The molecule has 1 heterocycles. The van der Waals surface area contributed by atoms with E-state index >= 15 is 0 Å². The lowest BCUT2D eigenvalue weighted by atomic mass is 9.90. The number of sulfonamides is 1. The predicted molar refractivity (Wildman–Crippen MR) is 108 cm³/mol. The molecular formula is C20H22ClFN2O3S. The van der Waals surface area contributed by atoms with E-state index in [2.05, 4.69) is 9.71 Å². The van der Waals surface area contributed by atoms with Gasteiger partial charge in [-0.05, 0) is 61.9 Å². The molecule has 1 unspecified atom stereocenters. The maximum Gasteiger partial charge on any atom is 0.239 e. The van der Waals surface area contributed by atoms with Gasteiger partial charge in [0.05, 0.1) is 9.77 Å². The van der Waals surface area contributed by atoms with Gasteiger partial charge in [0, 0.05) is 18.2 Å². The molecule has 2 aromatic rings. The SMILES string of the molecule is CCC(CC(=O)c1ccnc(NS(=O)(=O)C2(C)CC2)c1)c1ccc(F)c(Cl)c1. The molecule has 0 amide bonds. The number of pyridine rings is 1. The standard InChI is InChI=1S/C20H22ClFN2O3S/c1-3-13(14-4-5-17(22)16(21)10-14)11-18(25)15-6-9-23-19(12-15)24-28(26,27)20(2)7-8-20/h4-6,9-10,12-13H,3,7-8,11H2,1-2H3,(H,23,24). The van der Waals surface area contributed by atoms with Crippen LogP contribution in [0.1, 0.15) is 61.4 Å². The Morgan fingerprint density at radius 2 is 2.04 bits per heavy atom. The first kappa shape index (κ1) is 20.7. The van der Waals surface area contributed by atoms with E-state index in [4.69, 9.17) is 11.6 Å². The van der Waals surface area contributed by atoms with Crippen LogP contribution in [0.5, 0.6) is 0 Å². The lowest BCUT2D eigenvalue weighted by molar-refractivity contribution is 0.0972. The number of anilines is 1. The van der Waals surface area contributed by atoms with Crippen molar-refractivity contribution >= 4 is 33.2 Å². The van der Waals surface area contributed by atoms with Crippen molar-refractivity contribution in [2.75, 3.05) is 4.72 Å². The van der Waals surface area contributed by atoms with Crippen LogP contribution in [0.3, 0.4) is 0 Å². The summed E-state index contributed by atoms with van der Waals surface area (Å²) in [4.78, 5) is 16.8.